The molecule has 0 saturated carbocycles. The maximum absolute atomic E-state index is 11.3. The summed E-state index contributed by atoms with van der Waals surface area (Å²) in [7, 11) is 2.48. The smallest absolute Gasteiger partial charge is 0.378 e. The lowest BCUT2D eigenvalue weighted by Gasteiger charge is -2.10. The number of carbonyl (C=O) groups excluding carboxylic acids is 2. The van der Waals surface area contributed by atoms with Crippen molar-refractivity contribution in [1.82, 2.24) is 0 Å². The van der Waals surface area contributed by atoms with Gasteiger partial charge in [0.2, 0.25) is 0 Å². The number of aliphatic hydroxyl groups is 1. The Morgan fingerprint density at radius 3 is 2.47 bits per heavy atom. The third-order valence-corrected chi connectivity index (χ3v) is 2.82. The molecule has 0 amide bonds. The molecule has 1 N–H and O–H groups in total. The third-order valence-electron chi connectivity index (χ3n) is 2.41. The number of carbonyl (C=O) groups is 2. The zero-order chi connectivity index (χ0) is 14.6. The molecule has 0 unspecified atom stereocenters. The highest BCUT2D eigenvalue weighted by Gasteiger charge is 2.16. The summed E-state index contributed by atoms with van der Waals surface area (Å²) < 4.78 is 9.31. The Bertz CT molecular complexity index is 548. The SMILES string of the molecule is COC(=O)C(=O)/C=C(\O)c1cc(C)c(Cl)cc1OC. The van der Waals surface area contributed by atoms with E-state index >= 15 is 0 Å². The highest BCUT2D eigenvalue weighted by Crippen LogP contribution is 2.30. The van der Waals surface area contributed by atoms with Crippen LogP contribution in [0.15, 0.2) is 18.2 Å². The quantitative estimate of drug-likeness (QED) is 0.397. The number of esters is 1. The molecule has 0 radical (unpaired) electrons. The molecule has 5 nitrogen and oxygen atoms in total. The molecule has 0 aromatic heterocycles. The van der Waals surface area contributed by atoms with Gasteiger partial charge in [-0.05, 0) is 24.6 Å². The summed E-state index contributed by atoms with van der Waals surface area (Å²) in [4.78, 5) is 22.3. The van der Waals surface area contributed by atoms with E-state index in [0.717, 1.165) is 13.2 Å². The van der Waals surface area contributed by atoms with Crippen LogP contribution in [0.4, 0.5) is 0 Å². The van der Waals surface area contributed by atoms with Gasteiger partial charge in [-0.25, -0.2) is 4.79 Å². The maximum Gasteiger partial charge on any atom is 0.378 e. The Kier molecular flexibility index (Phi) is 4.94. The molecule has 0 aliphatic rings. The van der Waals surface area contributed by atoms with E-state index in [1.807, 2.05) is 0 Å². The highest BCUT2D eigenvalue weighted by molar-refractivity contribution is 6.39. The summed E-state index contributed by atoms with van der Waals surface area (Å²) in [5.74, 6) is -2.13. The van der Waals surface area contributed by atoms with Gasteiger partial charge in [-0.2, -0.15) is 0 Å². The number of aryl methyl sites for hydroxylation is 1. The minimum atomic E-state index is -1.06. The van der Waals surface area contributed by atoms with E-state index in [9.17, 15) is 14.7 Å². The predicted molar refractivity (Wildman–Crippen MR) is 70.4 cm³/mol. The Morgan fingerprint density at radius 1 is 1.32 bits per heavy atom. The van der Waals surface area contributed by atoms with E-state index in [4.69, 9.17) is 16.3 Å². The molecule has 0 aliphatic carbocycles. The Labute approximate surface area is 115 Å². The van der Waals surface area contributed by atoms with Crippen LogP contribution in [0.3, 0.4) is 0 Å². The fraction of sp³-hybridized carbons (Fsp3) is 0.231. The van der Waals surface area contributed by atoms with Gasteiger partial charge in [0, 0.05) is 11.1 Å². The van der Waals surface area contributed by atoms with Gasteiger partial charge in [-0.3, -0.25) is 4.79 Å². The zero-order valence-electron chi connectivity index (χ0n) is 10.7. The van der Waals surface area contributed by atoms with E-state index in [0.29, 0.717) is 16.3 Å². The number of methoxy groups -OCH3 is 2. The van der Waals surface area contributed by atoms with Crippen molar-refractivity contribution >= 4 is 29.1 Å². The van der Waals surface area contributed by atoms with Crippen LogP contribution in [0.1, 0.15) is 11.1 Å². The first-order chi connectivity index (χ1) is 8.90. The van der Waals surface area contributed by atoms with E-state index < -0.39 is 17.5 Å². The summed E-state index contributed by atoms with van der Waals surface area (Å²) >= 11 is 5.93. The van der Waals surface area contributed by atoms with E-state index in [1.165, 1.54) is 13.2 Å². The molecule has 0 atom stereocenters. The largest absolute Gasteiger partial charge is 0.507 e. The standard InChI is InChI=1S/C13H13ClO5/c1-7-4-8(12(18-2)5-9(7)14)10(15)6-11(16)13(17)19-3/h4-6,15H,1-3H3/b10-6-. The second-order valence-electron chi connectivity index (χ2n) is 3.69. The number of ketones is 1. The van der Waals surface area contributed by atoms with Crippen LogP contribution in [-0.4, -0.2) is 31.1 Å². The van der Waals surface area contributed by atoms with Crippen molar-refractivity contribution in [1.29, 1.82) is 0 Å². The summed E-state index contributed by atoms with van der Waals surface area (Å²) in [5, 5.41) is 10.3. The zero-order valence-corrected chi connectivity index (χ0v) is 11.4. The molecule has 6 heteroatoms. The van der Waals surface area contributed by atoms with Gasteiger partial charge in [0.15, 0.2) is 0 Å². The van der Waals surface area contributed by atoms with Crippen LogP contribution in [0.2, 0.25) is 5.02 Å². The monoisotopic (exact) mass is 284 g/mol. The van der Waals surface area contributed by atoms with Gasteiger partial charge in [-0.15, -0.1) is 0 Å². The Balaban J connectivity index is 3.22. The summed E-state index contributed by atoms with van der Waals surface area (Å²) in [6.45, 7) is 1.74. The molecule has 102 valence electrons. The number of hydrogen-bond acceptors (Lipinski definition) is 5. The van der Waals surface area contributed by atoms with Gasteiger partial charge in [0.1, 0.15) is 11.5 Å². The van der Waals surface area contributed by atoms with Crippen molar-refractivity contribution < 1.29 is 24.2 Å². The summed E-state index contributed by atoms with van der Waals surface area (Å²) in [6, 6.07) is 3.07. The minimum Gasteiger partial charge on any atom is -0.507 e. The second-order valence-corrected chi connectivity index (χ2v) is 4.09. The first-order valence-corrected chi connectivity index (χ1v) is 5.66. The molecule has 1 aromatic rings. The van der Waals surface area contributed by atoms with Crippen molar-refractivity contribution in [2.75, 3.05) is 14.2 Å². The molecule has 19 heavy (non-hydrogen) atoms. The lowest BCUT2D eigenvalue weighted by Crippen LogP contribution is -2.13. The average molecular weight is 285 g/mol. The first kappa shape index (κ1) is 15.0. The van der Waals surface area contributed by atoms with Crippen LogP contribution in [0.25, 0.3) is 5.76 Å². The molecule has 0 bridgehead atoms. The molecule has 0 heterocycles. The number of hydrogen-bond donors (Lipinski definition) is 1. The third kappa shape index (κ3) is 3.48. The Morgan fingerprint density at radius 2 is 1.95 bits per heavy atom. The molecule has 1 rings (SSSR count). The van der Waals surface area contributed by atoms with Crippen LogP contribution < -0.4 is 4.74 Å². The van der Waals surface area contributed by atoms with E-state index in [1.54, 1.807) is 13.0 Å². The normalized spacial score (nSPS) is 11.1. The lowest BCUT2D eigenvalue weighted by molar-refractivity contribution is -0.149. The van der Waals surface area contributed by atoms with Gasteiger partial charge < -0.3 is 14.6 Å². The van der Waals surface area contributed by atoms with E-state index in [2.05, 4.69) is 4.74 Å². The summed E-state index contributed by atoms with van der Waals surface area (Å²) in [6.07, 6.45) is 0.775. The van der Waals surface area contributed by atoms with Crippen LogP contribution >= 0.6 is 11.6 Å². The highest BCUT2D eigenvalue weighted by atomic mass is 35.5. The predicted octanol–water partition coefficient (Wildman–Crippen LogP) is 2.30. The van der Waals surface area contributed by atoms with Gasteiger partial charge in [0.05, 0.1) is 19.8 Å². The number of ether oxygens (including phenoxy) is 2. The number of benzene rings is 1. The fourth-order valence-corrected chi connectivity index (χ4v) is 1.55. The number of halogens is 1. The molecule has 1 aromatic carbocycles. The van der Waals surface area contributed by atoms with Crippen molar-refractivity contribution in [2.45, 2.75) is 6.92 Å². The van der Waals surface area contributed by atoms with Crippen LogP contribution in [0, 0.1) is 6.92 Å². The maximum atomic E-state index is 11.3. The number of aliphatic hydroxyl groups excluding tert-OH is 1. The van der Waals surface area contributed by atoms with Crippen molar-refractivity contribution in [3.8, 4) is 5.75 Å². The lowest BCUT2D eigenvalue weighted by atomic mass is 10.1. The van der Waals surface area contributed by atoms with Gasteiger partial charge in [0.25, 0.3) is 5.78 Å². The topological polar surface area (TPSA) is 72.8 Å². The van der Waals surface area contributed by atoms with Crippen LogP contribution in [-0.2, 0) is 14.3 Å². The molecule has 0 spiro atoms. The van der Waals surface area contributed by atoms with Gasteiger partial charge in [-0.1, -0.05) is 11.6 Å². The van der Waals surface area contributed by atoms with Crippen molar-refractivity contribution in [3.05, 3.63) is 34.4 Å². The van der Waals surface area contributed by atoms with Crippen molar-refractivity contribution in [3.63, 3.8) is 0 Å². The first-order valence-electron chi connectivity index (χ1n) is 5.28. The Hall–Kier alpha value is -2.01. The molecule has 0 fully saturated rings. The summed E-state index contributed by atoms with van der Waals surface area (Å²) in [5.41, 5.74) is 0.963. The van der Waals surface area contributed by atoms with Crippen LogP contribution in [0.5, 0.6) is 5.75 Å². The fourth-order valence-electron chi connectivity index (χ4n) is 1.39. The molecule has 0 saturated heterocycles. The average Bonchev–Trinajstić information content (AvgIpc) is 2.39. The number of rotatable bonds is 4. The van der Waals surface area contributed by atoms with Crippen molar-refractivity contribution in [2.24, 2.45) is 0 Å². The minimum absolute atomic E-state index is 0.265. The molecular weight excluding hydrogens is 272 g/mol. The molecular formula is C13H13ClO5. The van der Waals surface area contributed by atoms with E-state index in [-0.39, 0.29) is 5.56 Å². The second kappa shape index (κ2) is 6.24. The molecule has 0 aliphatic heterocycles. The van der Waals surface area contributed by atoms with Gasteiger partial charge >= 0.3 is 5.97 Å².